The number of aromatic nitrogens is 1. The summed E-state index contributed by atoms with van der Waals surface area (Å²) in [5, 5.41) is 0. The summed E-state index contributed by atoms with van der Waals surface area (Å²) in [5.74, 6) is -1.56. The molecule has 0 aliphatic carbocycles. The highest BCUT2D eigenvalue weighted by molar-refractivity contribution is 5.89. The number of rotatable bonds is 3. The molecule has 0 fully saturated rings. The molecule has 0 aliphatic heterocycles. The van der Waals surface area contributed by atoms with Gasteiger partial charge in [0.2, 0.25) is 0 Å². The van der Waals surface area contributed by atoms with Gasteiger partial charge in [0.15, 0.2) is 0 Å². The van der Waals surface area contributed by atoms with Gasteiger partial charge in [-0.15, -0.1) is 0 Å². The van der Waals surface area contributed by atoms with Crippen molar-refractivity contribution in [2.24, 2.45) is 0 Å². The van der Waals surface area contributed by atoms with Crippen LogP contribution in [0.15, 0.2) is 36.5 Å². The zero-order valence-electron chi connectivity index (χ0n) is 11.4. The van der Waals surface area contributed by atoms with Gasteiger partial charge in [0.1, 0.15) is 5.82 Å². The second-order valence-electron chi connectivity index (χ2n) is 4.55. The molecule has 0 aliphatic rings. The van der Waals surface area contributed by atoms with E-state index in [4.69, 9.17) is 0 Å². The summed E-state index contributed by atoms with van der Waals surface area (Å²) in [7, 11) is 1.21. The minimum absolute atomic E-state index is 0.0360. The smallest absolute Gasteiger partial charge is 0.416 e. The first-order valence-corrected chi connectivity index (χ1v) is 6.19. The molecule has 0 amide bonds. The van der Waals surface area contributed by atoms with E-state index in [0.29, 0.717) is 11.8 Å². The number of ether oxygens (including phenoxy) is 1. The molecule has 0 atom stereocenters. The highest BCUT2D eigenvalue weighted by Crippen LogP contribution is 2.30. The Bertz CT molecular complexity index is 698. The molecular weight excluding hydrogens is 302 g/mol. The normalized spacial score (nSPS) is 11.3. The molecule has 0 N–H and O–H groups in total. The lowest BCUT2D eigenvalue weighted by Crippen LogP contribution is -2.07. The molecule has 116 valence electrons. The summed E-state index contributed by atoms with van der Waals surface area (Å²) < 4.78 is 55.9. The van der Waals surface area contributed by atoms with Crippen molar-refractivity contribution in [1.29, 1.82) is 0 Å². The van der Waals surface area contributed by atoms with Crippen LogP contribution >= 0.6 is 0 Å². The fourth-order valence-electron chi connectivity index (χ4n) is 1.94. The summed E-state index contributed by atoms with van der Waals surface area (Å²) in [6.07, 6.45) is -3.32. The largest absolute Gasteiger partial charge is 0.465 e. The number of methoxy groups -OCH3 is 1. The predicted molar refractivity (Wildman–Crippen MR) is 69.8 cm³/mol. The van der Waals surface area contributed by atoms with Crippen molar-refractivity contribution in [3.05, 3.63) is 64.7 Å². The van der Waals surface area contributed by atoms with E-state index in [-0.39, 0.29) is 17.5 Å². The van der Waals surface area contributed by atoms with Crippen LogP contribution in [0.25, 0.3) is 0 Å². The van der Waals surface area contributed by atoms with Crippen molar-refractivity contribution < 1.29 is 27.1 Å². The minimum Gasteiger partial charge on any atom is -0.465 e. The zero-order valence-corrected chi connectivity index (χ0v) is 11.4. The molecule has 0 saturated heterocycles. The number of pyridine rings is 1. The summed E-state index contributed by atoms with van der Waals surface area (Å²) in [6.45, 7) is 0. The fraction of sp³-hybridized carbons (Fsp3) is 0.200. The summed E-state index contributed by atoms with van der Waals surface area (Å²) >= 11 is 0. The average molecular weight is 313 g/mol. The molecule has 2 rings (SSSR count). The molecule has 22 heavy (non-hydrogen) atoms. The Morgan fingerprint density at radius 1 is 1.23 bits per heavy atom. The Kier molecular flexibility index (Phi) is 4.44. The van der Waals surface area contributed by atoms with E-state index in [1.165, 1.54) is 25.4 Å². The van der Waals surface area contributed by atoms with Gasteiger partial charge in [-0.2, -0.15) is 13.2 Å². The Labute approximate surface area is 123 Å². The Morgan fingerprint density at radius 3 is 2.59 bits per heavy atom. The number of esters is 1. The van der Waals surface area contributed by atoms with Crippen molar-refractivity contribution in [3.63, 3.8) is 0 Å². The molecule has 0 spiro atoms. The van der Waals surface area contributed by atoms with Crippen LogP contribution in [0.5, 0.6) is 0 Å². The monoisotopic (exact) mass is 313 g/mol. The van der Waals surface area contributed by atoms with Gasteiger partial charge >= 0.3 is 12.1 Å². The van der Waals surface area contributed by atoms with Gasteiger partial charge in [-0.1, -0.05) is 0 Å². The van der Waals surface area contributed by atoms with Crippen molar-refractivity contribution in [2.75, 3.05) is 7.11 Å². The van der Waals surface area contributed by atoms with E-state index in [1.807, 2.05) is 0 Å². The Morgan fingerprint density at radius 2 is 1.95 bits per heavy atom. The van der Waals surface area contributed by atoms with Gasteiger partial charge in [0.05, 0.1) is 18.2 Å². The van der Waals surface area contributed by atoms with E-state index < -0.39 is 23.5 Å². The van der Waals surface area contributed by atoms with Gasteiger partial charge in [-0.05, 0) is 35.9 Å². The van der Waals surface area contributed by atoms with E-state index in [0.717, 1.165) is 12.1 Å². The molecule has 7 heteroatoms. The van der Waals surface area contributed by atoms with Gasteiger partial charge in [-0.25, -0.2) is 9.18 Å². The quantitative estimate of drug-likeness (QED) is 0.642. The van der Waals surface area contributed by atoms with Crippen molar-refractivity contribution >= 4 is 5.97 Å². The molecule has 0 saturated carbocycles. The van der Waals surface area contributed by atoms with Crippen molar-refractivity contribution in [1.82, 2.24) is 4.98 Å². The van der Waals surface area contributed by atoms with Gasteiger partial charge in [-0.3, -0.25) is 4.98 Å². The number of carbonyl (C=O) groups is 1. The number of hydrogen-bond acceptors (Lipinski definition) is 3. The number of hydrogen-bond donors (Lipinski definition) is 0. The van der Waals surface area contributed by atoms with E-state index >= 15 is 0 Å². The minimum atomic E-state index is -4.63. The second-order valence-corrected chi connectivity index (χ2v) is 4.55. The van der Waals surface area contributed by atoms with Crippen LogP contribution in [0.3, 0.4) is 0 Å². The maximum absolute atomic E-state index is 13.3. The average Bonchev–Trinajstić information content (AvgIpc) is 2.45. The van der Waals surface area contributed by atoms with Crippen LogP contribution in [-0.4, -0.2) is 18.1 Å². The van der Waals surface area contributed by atoms with Gasteiger partial charge in [0.25, 0.3) is 0 Å². The fourth-order valence-corrected chi connectivity index (χ4v) is 1.94. The molecule has 0 unspecified atom stereocenters. The first-order valence-electron chi connectivity index (χ1n) is 6.19. The lowest BCUT2D eigenvalue weighted by Gasteiger charge is -2.09. The summed E-state index contributed by atoms with van der Waals surface area (Å²) in [6, 6.07) is 5.10. The Balaban J connectivity index is 2.31. The molecule has 2 aromatic rings. The molecule has 0 bridgehead atoms. The lowest BCUT2D eigenvalue weighted by molar-refractivity contribution is -0.137. The first kappa shape index (κ1) is 15.9. The third-order valence-corrected chi connectivity index (χ3v) is 2.91. The van der Waals surface area contributed by atoms with Crippen LogP contribution < -0.4 is 0 Å². The predicted octanol–water partition coefficient (Wildman–Crippen LogP) is 3.62. The lowest BCUT2D eigenvalue weighted by atomic mass is 10.0. The second kappa shape index (κ2) is 6.13. The highest BCUT2D eigenvalue weighted by Gasteiger charge is 2.31. The van der Waals surface area contributed by atoms with Crippen LogP contribution in [0.4, 0.5) is 17.6 Å². The van der Waals surface area contributed by atoms with Crippen molar-refractivity contribution in [3.8, 4) is 0 Å². The molecule has 1 aromatic carbocycles. The highest BCUT2D eigenvalue weighted by atomic mass is 19.4. The molecule has 3 nitrogen and oxygen atoms in total. The zero-order chi connectivity index (χ0) is 16.3. The first-order chi connectivity index (χ1) is 10.3. The number of carbonyl (C=O) groups excluding carboxylic acids is 1. The van der Waals surface area contributed by atoms with E-state index in [2.05, 4.69) is 9.72 Å². The van der Waals surface area contributed by atoms with E-state index in [1.54, 1.807) is 0 Å². The number of nitrogens with zero attached hydrogens (tertiary/aromatic N) is 1. The van der Waals surface area contributed by atoms with Crippen LogP contribution in [-0.2, 0) is 17.3 Å². The van der Waals surface area contributed by atoms with Crippen LogP contribution in [0.2, 0.25) is 0 Å². The maximum atomic E-state index is 13.3. The molecule has 0 radical (unpaired) electrons. The topological polar surface area (TPSA) is 39.2 Å². The van der Waals surface area contributed by atoms with Crippen molar-refractivity contribution in [2.45, 2.75) is 12.6 Å². The van der Waals surface area contributed by atoms with E-state index in [9.17, 15) is 22.4 Å². The van der Waals surface area contributed by atoms with Gasteiger partial charge in [0, 0.05) is 18.3 Å². The summed E-state index contributed by atoms with van der Waals surface area (Å²) in [4.78, 5) is 15.4. The third kappa shape index (κ3) is 3.81. The van der Waals surface area contributed by atoms with Crippen LogP contribution in [0, 0.1) is 5.82 Å². The molecule has 1 heterocycles. The Hall–Kier alpha value is -2.44. The molecular formula is C15H11F4NO2. The summed E-state index contributed by atoms with van der Waals surface area (Å²) in [5.41, 5.74) is -0.393. The SMILES string of the molecule is COC(=O)c1ccnc(Cc2cc(F)cc(C(F)(F)F)c2)c1. The molecule has 1 aromatic heterocycles. The number of alkyl halides is 3. The number of halogens is 4. The third-order valence-electron chi connectivity index (χ3n) is 2.91. The van der Waals surface area contributed by atoms with Crippen LogP contribution in [0.1, 0.15) is 27.2 Å². The number of benzene rings is 1. The van der Waals surface area contributed by atoms with Gasteiger partial charge < -0.3 is 4.74 Å². The standard InChI is InChI=1S/C15H11F4NO2/c1-22-14(21)10-2-3-20-13(7-10)6-9-4-11(15(17,18)19)8-12(16)5-9/h2-5,7-8H,6H2,1H3. The maximum Gasteiger partial charge on any atom is 0.416 e.